The molecule has 1 atom stereocenters. The van der Waals surface area contributed by atoms with Gasteiger partial charge in [-0.2, -0.15) is 4.98 Å². The van der Waals surface area contributed by atoms with Crippen LogP contribution < -0.4 is 15.3 Å². The Morgan fingerprint density at radius 2 is 1.84 bits per heavy atom. The molecule has 0 bridgehead atoms. The lowest BCUT2D eigenvalue weighted by Crippen LogP contribution is -2.55. The van der Waals surface area contributed by atoms with E-state index in [9.17, 15) is 14.7 Å². The summed E-state index contributed by atoms with van der Waals surface area (Å²) >= 11 is 0. The Morgan fingerprint density at radius 1 is 1.11 bits per heavy atom. The van der Waals surface area contributed by atoms with Crippen molar-refractivity contribution >= 4 is 22.9 Å². The lowest BCUT2D eigenvalue weighted by atomic mass is 10.1. The molecule has 0 spiro atoms. The maximum atomic E-state index is 15.9. The normalized spacial score (nSPS) is 15.6. The van der Waals surface area contributed by atoms with Crippen LogP contribution in [0.5, 0.6) is 11.5 Å². The third kappa shape index (κ3) is 5.98. The Hall–Kier alpha value is -4.81. The lowest BCUT2D eigenvalue weighted by Gasteiger charge is -2.41. The van der Waals surface area contributed by atoms with E-state index in [-0.39, 0.29) is 54.1 Å². The van der Waals surface area contributed by atoms with Crippen molar-refractivity contribution in [1.82, 2.24) is 24.4 Å². The molecule has 1 saturated heterocycles. The first-order valence-corrected chi connectivity index (χ1v) is 14.6. The number of ether oxygens (including phenoxy) is 2. The molecule has 1 aromatic carbocycles. The fourth-order valence-corrected chi connectivity index (χ4v) is 5.48. The number of benzene rings is 1. The van der Waals surface area contributed by atoms with E-state index in [1.807, 2.05) is 20.8 Å². The van der Waals surface area contributed by atoms with Crippen LogP contribution in [0.4, 0.5) is 19.4 Å². The molecule has 45 heavy (non-hydrogen) atoms. The molecule has 1 aliphatic rings. The summed E-state index contributed by atoms with van der Waals surface area (Å²) in [6.45, 7) is 11.8. The highest BCUT2D eigenvalue weighted by atomic mass is 19.1. The maximum absolute atomic E-state index is 15.9. The van der Waals surface area contributed by atoms with Gasteiger partial charge in [-0.25, -0.2) is 27.9 Å². The molecule has 1 fully saturated rings. The number of halogens is 2. The Labute approximate surface area is 259 Å². The van der Waals surface area contributed by atoms with Gasteiger partial charge in [0.05, 0.1) is 23.8 Å². The van der Waals surface area contributed by atoms with Gasteiger partial charge in [-0.1, -0.05) is 19.9 Å². The zero-order valence-corrected chi connectivity index (χ0v) is 26.3. The van der Waals surface area contributed by atoms with Crippen molar-refractivity contribution in [3.8, 4) is 28.4 Å². The number of phenols is 1. The zero-order valence-electron chi connectivity index (χ0n) is 26.3. The van der Waals surface area contributed by atoms with Gasteiger partial charge < -0.3 is 24.4 Å². The van der Waals surface area contributed by atoms with Gasteiger partial charge in [-0.05, 0) is 51.8 Å². The number of fused-ring (bicyclic) bond motifs is 1. The average molecular weight is 623 g/mol. The van der Waals surface area contributed by atoms with Crippen molar-refractivity contribution in [2.45, 2.75) is 59.1 Å². The third-order valence-electron chi connectivity index (χ3n) is 7.49. The number of pyridine rings is 2. The third-order valence-corrected chi connectivity index (χ3v) is 7.49. The van der Waals surface area contributed by atoms with Gasteiger partial charge in [0.15, 0.2) is 11.5 Å². The highest BCUT2D eigenvalue weighted by molar-refractivity contribution is 5.91. The van der Waals surface area contributed by atoms with Crippen LogP contribution in [0.3, 0.4) is 0 Å². The van der Waals surface area contributed by atoms with E-state index in [4.69, 9.17) is 9.47 Å². The smallest absolute Gasteiger partial charge is 0.410 e. The van der Waals surface area contributed by atoms with Crippen molar-refractivity contribution < 1.29 is 28.2 Å². The fourth-order valence-electron chi connectivity index (χ4n) is 5.48. The van der Waals surface area contributed by atoms with Crippen LogP contribution in [0.25, 0.3) is 28.0 Å². The van der Waals surface area contributed by atoms with Crippen LogP contribution in [0, 0.1) is 11.6 Å². The van der Waals surface area contributed by atoms with Crippen molar-refractivity contribution in [3.05, 3.63) is 64.3 Å². The predicted octanol–water partition coefficient (Wildman–Crippen LogP) is 5.40. The van der Waals surface area contributed by atoms with Crippen LogP contribution in [-0.4, -0.2) is 74.0 Å². The highest BCUT2D eigenvalue weighted by Gasteiger charge is 2.33. The number of phenolic OH excluding ortho intramolecular Hbond substituents is 1. The number of aromatic nitrogens is 4. The van der Waals surface area contributed by atoms with Crippen LogP contribution in [-0.2, 0) is 4.74 Å². The largest absolute Gasteiger partial charge is 0.507 e. The minimum atomic E-state index is -0.932. The first kappa shape index (κ1) is 31.6. The van der Waals surface area contributed by atoms with Crippen LogP contribution >= 0.6 is 0 Å². The zero-order chi connectivity index (χ0) is 32.8. The quantitative estimate of drug-likeness (QED) is 0.312. The molecular formula is C32H36F2N6O5. The summed E-state index contributed by atoms with van der Waals surface area (Å²) < 4.78 is 43.3. The summed E-state index contributed by atoms with van der Waals surface area (Å²) in [5.41, 5.74) is -1.65. The number of hydrogen-bond acceptors (Lipinski definition) is 9. The van der Waals surface area contributed by atoms with E-state index in [0.717, 1.165) is 12.1 Å². The van der Waals surface area contributed by atoms with Crippen molar-refractivity contribution in [3.63, 3.8) is 0 Å². The minimum Gasteiger partial charge on any atom is -0.507 e. The predicted molar refractivity (Wildman–Crippen MR) is 165 cm³/mol. The van der Waals surface area contributed by atoms with E-state index in [1.165, 1.54) is 23.8 Å². The lowest BCUT2D eigenvalue weighted by molar-refractivity contribution is 0.0218. The number of methoxy groups -OCH3 is 1. The molecule has 0 aliphatic carbocycles. The molecule has 1 amide bonds. The first-order chi connectivity index (χ1) is 21.2. The Kier molecular flexibility index (Phi) is 8.39. The van der Waals surface area contributed by atoms with Crippen molar-refractivity contribution in [1.29, 1.82) is 0 Å². The van der Waals surface area contributed by atoms with Gasteiger partial charge in [-0.15, -0.1) is 0 Å². The SMILES string of the molecule is COc1ccnc(C(C)C)c1-n1c(=O)nc(N2CCN(C(=O)OC(C)(C)C)CC2C)c2cc(F)c(-c3c(O)cccc3F)nc21. The Bertz CT molecular complexity index is 1820. The number of amides is 1. The van der Waals surface area contributed by atoms with Crippen LogP contribution in [0.15, 0.2) is 41.3 Å². The molecule has 5 rings (SSSR count). The fraction of sp³-hybridized carbons (Fsp3) is 0.406. The number of carbonyl (C=O) groups excluding carboxylic acids is 1. The molecule has 11 nitrogen and oxygen atoms in total. The molecular weight excluding hydrogens is 586 g/mol. The van der Waals surface area contributed by atoms with Gasteiger partial charge in [0.2, 0.25) is 0 Å². The van der Waals surface area contributed by atoms with Gasteiger partial charge in [0.1, 0.15) is 40.1 Å². The Morgan fingerprint density at radius 3 is 2.47 bits per heavy atom. The average Bonchev–Trinajstić information content (AvgIpc) is 2.96. The summed E-state index contributed by atoms with van der Waals surface area (Å²) in [6, 6.07) is 5.96. The second kappa shape index (κ2) is 11.9. The minimum absolute atomic E-state index is 0.0426. The van der Waals surface area contributed by atoms with E-state index in [2.05, 4.69) is 15.0 Å². The Balaban J connectivity index is 1.76. The molecule has 1 unspecified atom stereocenters. The summed E-state index contributed by atoms with van der Waals surface area (Å²) in [5, 5.41) is 10.7. The monoisotopic (exact) mass is 622 g/mol. The molecule has 13 heteroatoms. The number of nitrogens with zero attached hydrogens (tertiary/aromatic N) is 6. The van der Waals surface area contributed by atoms with Gasteiger partial charge in [-0.3, -0.25) is 4.98 Å². The van der Waals surface area contributed by atoms with Crippen LogP contribution in [0.2, 0.25) is 0 Å². The molecule has 1 aliphatic heterocycles. The van der Waals surface area contributed by atoms with Crippen molar-refractivity contribution in [2.75, 3.05) is 31.6 Å². The number of piperazine rings is 1. The maximum Gasteiger partial charge on any atom is 0.410 e. The first-order valence-electron chi connectivity index (χ1n) is 14.6. The molecule has 0 saturated carbocycles. The number of hydrogen-bond donors (Lipinski definition) is 1. The summed E-state index contributed by atoms with van der Waals surface area (Å²) in [7, 11) is 1.44. The molecule has 1 N–H and O–H groups in total. The van der Waals surface area contributed by atoms with Gasteiger partial charge in [0.25, 0.3) is 0 Å². The second-order valence-corrected chi connectivity index (χ2v) is 12.2. The molecule has 4 heterocycles. The summed E-state index contributed by atoms with van der Waals surface area (Å²) in [4.78, 5) is 43.6. The van der Waals surface area contributed by atoms with Gasteiger partial charge >= 0.3 is 11.8 Å². The van der Waals surface area contributed by atoms with Gasteiger partial charge in [0, 0.05) is 37.9 Å². The highest BCUT2D eigenvalue weighted by Crippen LogP contribution is 2.37. The van der Waals surface area contributed by atoms with E-state index in [1.54, 1.807) is 42.8 Å². The topological polar surface area (TPSA) is 123 Å². The molecule has 238 valence electrons. The van der Waals surface area contributed by atoms with E-state index >= 15 is 8.78 Å². The number of aromatic hydroxyl groups is 1. The van der Waals surface area contributed by atoms with E-state index in [0.29, 0.717) is 11.4 Å². The molecule has 4 aromatic rings. The standard InChI is InChI=1S/C32H36F2N6O5/c1-17(2)25-27(23(44-7)11-12-35-25)40-29-19(15-21(34)26(36-29)24-20(33)9-8-10-22(24)41)28(37-30(40)42)39-14-13-38(16-18(39)3)31(43)45-32(4,5)6/h8-12,15,17-18,41H,13-14,16H2,1-7H3. The number of rotatable bonds is 5. The van der Waals surface area contributed by atoms with Crippen LogP contribution in [0.1, 0.15) is 53.2 Å². The van der Waals surface area contributed by atoms with E-state index < -0.39 is 46.0 Å². The second-order valence-electron chi connectivity index (χ2n) is 12.2. The summed E-state index contributed by atoms with van der Waals surface area (Å²) in [6.07, 6.45) is 1.09. The summed E-state index contributed by atoms with van der Waals surface area (Å²) in [5.74, 6) is -2.07. The van der Waals surface area contributed by atoms with Crippen molar-refractivity contribution in [2.24, 2.45) is 0 Å². The number of carbonyl (C=O) groups is 1. The molecule has 0 radical (unpaired) electrons. The molecule has 3 aromatic heterocycles. The number of anilines is 1.